The first-order valence-electron chi connectivity index (χ1n) is 6.26. The van der Waals surface area contributed by atoms with Gasteiger partial charge in [0.2, 0.25) is 0 Å². The minimum absolute atomic E-state index is 0.00720. The maximum atomic E-state index is 12.6. The minimum atomic E-state index is -0.00720. The van der Waals surface area contributed by atoms with Gasteiger partial charge in [0.05, 0.1) is 5.56 Å². The molecule has 1 heterocycles. The van der Waals surface area contributed by atoms with Gasteiger partial charge >= 0.3 is 0 Å². The van der Waals surface area contributed by atoms with Crippen molar-refractivity contribution in [2.75, 3.05) is 17.7 Å². The van der Waals surface area contributed by atoms with Gasteiger partial charge in [-0.3, -0.25) is 4.79 Å². The average molecular weight is 282 g/mol. The Morgan fingerprint density at radius 3 is 2.55 bits per heavy atom. The second-order valence-electron chi connectivity index (χ2n) is 4.60. The fourth-order valence-electron chi connectivity index (χ4n) is 2.14. The molecule has 0 spiro atoms. The zero-order valence-corrected chi connectivity index (χ0v) is 11.9. The summed E-state index contributed by atoms with van der Waals surface area (Å²) in [6.45, 7) is 0. The summed E-state index contributed by atoms with van der Waals surface area (Å²) in [6.07, 6.45) is 0. The standard InChI is InChI=1S/C16H14N2OS/c1-18(12-8-6-11(17)7-9-12)16(19)14-10-20-15-5-3-2-4-13(14)15/h2-10H,17H2,1H3. The van der Waals surface area contributed by atoms with Gasteiger partial charge in [-0.25, -0.2) is 0 Å². The summed E-state index contributed by atoms with van der Waals surface area (Å²) in [5.74, 6) is -0.00720. The molecule has 0 aliphatic heterocycles. The Bertz CT molecular complexity index is 762. The number of hydrogen-bond donors (Lipinski definition) is 1. The van der Waals surface area contributed by atoms with E-state index in [1.54, 1.807) is 35.4 Å². The highest BCUT2D eigenvalue weighted by Crippen LogP contribution is 2.27. The van der Waals surface area contributed by atoms with Crippen molar-refractivity contribution in [3.63, 3.8) is 0 Å². The number of nitrogen functional groups attached to an aromatic ring is 1. The Morgan fingerprint density at radius 2 is 1.80 bits per heavy atom. The van der Waals surface area contributed by atoms with Crippen LogP contribution in [0, 0.1) is 0 Å². The van der Waals surface area contributed by atoms with Gasteiger partial charge in [0.25, 0.3) is 5.91 Å². The maximum Gasteiger partial charge on any atom is 0.259 e. The van der Waals surface area contributed by atoms with E-state index in [0.29, 0.717) is 5.69 Å². The number of hydrogen-bond acceptors (Lipinski definition) is 3. The first kappa shape index (κ1) is 12.7. The molecule has 100 valence electrons. The molecule has 2 N–H and O–H groups in total. The van der Waals surface area contributed by atoms with Crippen LogP contribution in [0.4, 0.5) is 11.4 Å². The molecule has 0 atom stereocenters. The number of anilines is 2. The molecule has 3 aromatic rings. The first-order chi connectivity index (χ1) is 9.66. The van der Waals surface area contributed by atoms with Crippen molar-refractivity contribution < 1.29 is 4.79 Å². The van der Waals surface area contributed by atoms with E-state index in [4.69, 9.17) is 5.73 Å². The molecule has 4 heteroatoms. The SMILES string of the molecule is CN(C(=O)c1csc2ccccc12)c1ccc(N)cc1. The van der Waals surface area contributed by atoms with E-state index in [0.717, 1.165) is 21.3 Å². The molecule has 3 rings (SSSR count). The van der Waals surface area contributed by atoms with Crippen LogP contribution in [-0.2, 0) is 0 Å². The molecule has 2 aromatic carbocycles. The number of thiophene rings is 1. The van der Waals surface area contributed by atoms with Crippen LogP contribution in [0.3, 0.4) is 0 Å². The molecular formula is C16H14N2OS. The summed E-state index contributed by atoms with van der Waals surface area (Å²) in [5.41, 5.74) is 7.93. The lowest BCUT2D eigenvalue weighted by molar-refractivity contribution is 0.0995. The first-order valence-corrected chi connectivity index (χ1v) is 7.14. The summed E-state index contributed by atoms with van der Waals surface area (Å²) in [6, 6.07) is 15.2. The lowest BCUT2D eigenvalue weighted by atomic mass is 10.1. The van der Waals surface area contributed by atoms with Crippen LogP contribution in [0.2, 0.25) is 0 Å². The third kappa shape index (κ3) is 2.14. The van der Waals surface area contributed by atoms with E-state index >= 15 is 0 Å². The van der Waals surface area contributed by atoms with E-state index in [1.165, 1.54) is 0 Å². The second-order valence-corrected chi connectivity index (χ2v) is 5.51. The summed E-state index contributed by atoms with van der Waals surface area (Å²) in [5, 5.41) is 2.92. The molecule has 0 radical (unpaired) electrons. The molecule has 0 saturated carbocycles. The predicted molar refractivity (Wildman–Crippen MR) is 85.4 cm³/mol. The minimum Gasteiger partial charge on any atom is -0.399 e. The second kappa shape index (κ2) is 4.98. The number of nitrogens with zero attached hydrogens (tertiary/aromatic N) is 1. The van der Waals surface area contributed by atoms with Crippen LogP contribution in [0.25, 0.3) is 10.1 Å². The average Bonchev–Trinajstić information content (AvgIpc) is 2.90. The van der Waals surface area contributed by atoms with Crippen LogP contribution in [-0.4, -0.2) is 13.0 Å². The van der Waals surface area contributed by atoms with Crippen molar-refractivity contribution in [3.05, 3.63) is 59.5 Å². The number of rotatable bonds is 2. The topological polar surface area (TPSA) is 46.3 Å². The van der Waals surface area contributed by atoms with Gasteiger partial charge in [-0.2, -0.15) is 0 Å². The number of benzene rings is 2. The molecule has 0 saturated heterocycles. The zero-order valence-electron chi connectivity index (χ0n) is 11.0. The third-order valence-electron chi connectivity index (χ3n) is 3.30. The van der Waals surface area contributed by atoms with Crippen LogP contribution in [0.15, 0.2) is 53.9 Å². The summed E-state index contributed by atoms with van der Waals surface area (Å²) in [4.78, 5) is 14.3. The van der Waals surface area contributed by atoms with E-state index in [9.17, 15) is 4.79 Å². The van der Waals surface area contributed by atoms with Crippen molar-refractivity contribution in [3.8, 4) is 0 Å². The number of carbonyl (C=O) groups is 1. The number of amides is 1. The van der Waals surface area contributed by atoms with Gasteiger partial charge in [0.15, 0.2) is 0 Å². The van der Waals surface area contributed by atoms with E-state index in [-0.39, 0.29) is 5.91 Å². The fraction of sp³-hybridized carbons (Fsp3) is 0.0625. The molecular weight excluding hydrogens is 268 g/mol. The monoisotopic (exact) mass is 282 g/mol. The molecule has 3 nitrogen and oxygen atoms in total. The smallest absolute Gasteiger partial charge is 0.259 e. The van der Waals surface area contributed by atoms with E-state index in [1.807, 2.05) is 41.8 Å². The zero-order chi connectivity index (χ0) is 14.1. The van der Waals surface area contributed by atoms with E-state index < -0.39 is 0 Å². The van der Waals surface area contributed by atoms with Crippen molar-refractivity contribution in [2.24, 2.45) is 0 Å². The maximum absolute atomic E-state index is 12.6. The molecule has 0 bridgehead atoms. The van der Waals surface area contributed by atoms with Crippen molar-refractivity contribution in [2.45, 2.75) is 0 Å². The Hall–Kier alpha value is -2.33. The van der Waals surface area contributed by atoms with Gasteiger partial charge in [-0.05, 0) is 30.3 Å². The predicted octanol–water partition coefficient (Wildman–Crippen LogP) is 3.76. The highest BCUT2D eigenvalue weighted by atomic mass is 32.1. The van der Waals surface area contributed by atoms with Crippen LogP contribution < -0.4 is 10.6 Å². The van der Waals surface area contributed by atoms with Crippen molar-refractivity contribution >= 4 is 38.7 Å². The molecule has 1 aromatic heterocycles. The molecule has 0 unspecified atom stereocenters. The molecule has 0 aliphatic rings. The van der Waals surface area contributed by atoms with Gasteiger partial charge in [0, 0.05) is 33.9 Å². The van der Waals surface area contributed by atoms with Crippen molar-refractivity contribution in [1.29, 1.82) is 0 Å². The van der Waals surface area contributed by atoms with Gasteiger partial charge in [0.1, 0.15) is 0 Å². The summed E-state index contributed by atoms with van der Waals surface area (Å²) >= 11 is 1.59. The lowest BCUT2D eigenvalue weighted by Gasteiger charge is -2.17. The normalized spacial score (nSPS) is 10.7. The van der Waals surface area contributed by atoms with Gasteiger partial charge in [-0.1, -0.05) is 18.2 Å². The van der Waals surface area contributed by atoms with Crippen LogP contribution in [0.5, 0.6) is 0 Å². The van der Waals surface area contributed by atoms with Crippen molar-refractivity contribution in [1.82, 2.24) is 0 Å². The summed E-state index contributed by atoms with van der Waals surface area (Å²) < 4.78 is 1.13. The quantitative estimate of drug-likeness (QED) is 0.727. The van der Waals surface area contributed by atoms with E-state index in [2.05, 4.69) is 0 Å². The molecule has 1 amide bonds. The van der Waals surface area contributed by atoms with Crippen LogP contribution >= 0.6 is 11.3 Å². The number of fused-ring (bicyclic) bond motifs is 1. The highest BCUT2D eigenvalue weighted by molar-refractivity contribution is 7.17. The number of carbonyl (C=O) groups excluding carboxylic acids is 1. The van der Waals surface area contributed by atoms with Crippen LogP contribution in [0.1, 0.15) is 10.4 Å². The third-order valence-corrected chi connectivity index (χ3v) is 4.26. The molecule has 0 aliphatic carbocycles. The molecule has 0 fully saturated rings. The molecule has 20 heavy (non-hydrogen) atoms. The Labute approximate surface area is 121 Å². The highest BCUT2D eigenvalue weighted by Gasteiger charge is 2.17. The van der Waals surface area contributed by atoms with Gasteiger partial charge < -0.3 is 10.6 Å². The Kier molecular flexibility index (Phi) is 3.16. The fourth-order valence-corrected chi connectivity index (χ4v) is 3.07. The van der Waals surface area contributed by atoms with Gasteiger partial charge in [-0.15, -0.1) is 11.3 Å². The Morgan fingerprint density at radius 1 is 1.10 bits per heavy atom. The lowest BCUT2D eigenvalue weighted by Crippen LogP contribution is -2.25. The summed E-state index contributed by atoms with van der Waals surface area (Å²) in [7, 11) is 1.78. The largest absolute Gasteiger partial charge is 0.399 e. The number of nitrogens with two attached hydrogens (primary N) is 1. The Balaban J connectivity index is 1.97.